The van der Waals surface area contributed by atoms with Crippen molar-refractivity contribution in [2.45, 2.75) is 18.8 Å². The first-order chi connectivity index (χ1) is 5.09. The minimum atomic E-state index is -2.37. The average molecular weight is 161 g/mol. The van der Waals surface area contributed by atoms with Gasteiger partial charge in [-0.3, -0.25) is 0 Å². The zero-order valence-corrected chi connectivity index (χ0v) is 6.69. The fraction of sp³-hybridized carbons (Fsp3) is 1.00. The molecule has 0 N–H and O–H groups in total. The molecular weight excluding hydrogens is 148 g/mol. The van der Waals surface area contributed by atoms with Crippen molar-refractivity contribution in [1.82, 2.24) is 4.90 Å². The van der Waals surface area contributed by atoms with Crippen molar-refractivity contribution in [2.24, 2.45) is 11.8 Å². The maximum atomic E-state index is 13.0. The monoisotopic (exact) mass is 161 g/mol. The van der Waals surface area contributed by atoms with Crippen LogP contribution in [0.15, 0.2) is 0 Å². The zero-order chi connectivity index (χ0) is 8.06. The van der Waals surface area contributed by atoms with Gasteiger partial charge < -0.3 is 4.90 Å². The van der Waals surface area contributed by atoms with E-state index in [9.17, 15) is 8.78 Å². The predicted molar refractivity (Wildman–Crippen MR) is 38.7 cm³/mol. The van der Waals surface area contributed by atoms with Crippen molar-refractivity contribution >= 4 is 0 Å². The van der Waals surface area contributed by atoms with Crippen LogP contribution in [-0.4, -0.2) is 31.0 Å². The maximum absolute atomic E-state index is 13.0. The number of rotatable bonds is 0. The molecule has 2 rings (SSSR count). The standard InChI is InChI=1S/C8H13F2N/c1-11-4-6-2-3-8(9,10)7(6)5-11/h6-7H,2-5H2,1H3/t6-,7-/m1/s1. The highest BCUT2D eigenvalue weighted by atomic mass is 19.3. The van der Waals surface area contributed by atoms with Crippen LogP contribution in [0.2, 0.25) is 0 Å². The molecule has 2 atom stereocenters. The smallest absolute Gasteiger partial charge is 0.252 e. The molecule has 1 saturated heterocycles. The van der Waals surface area contributed by atoms with Crippen molar-refractivity contribution < 1.29 is 8.78 Å². The lowest BCUT2D eigenvalue weighted by Crippen LogP contribution is -2.27. The van der Waals surface area contributed by atoms with Crippen LogP contribution in [0.1, 0.15) is 12.8 Å². The first-order valence-electron chi connectivity index (χ1n) is 4.16. The van der Waals surface area contributed by atoms with Gasteiger partial charge in [0.05, 0.1) is 0 Å². The zero-order valence-electron chi connectivity index (χ0n) is 6.69. The Kier molecular flexibility index (Phi) is 1.46. The van der Waals surface area contributed by atoms with Crippen LogP contribution >= 0.6 is 0 Å². The summed E-state index contributed by atoms with van der Waals surface area (Å²) in [6.45, 7) is 1.47. The molecular formula is C8H13F2N. The fourth-order valence-corrected chi connectivity index (χ4v) is 2.42. The topological polar surface area (TPSA) is 3.24 Å². The molecule has 3 heteroatoms. The summed E-state index contributed by atoms with van der Waals surface area (Å²) in [6, 6.07) is 0. The normalized spacial score (nSPS) is 42.8. The first-order valence-corrected chi connectivity index (χ1v) is 4.16. The summed E-state index contributed by atoms with van der Waals surface area (Å²) in [4.78, 5) is 2.02. The van der Waals surface area contributed by atoms with E-state index in [1.54, 1.807) is 0 Å². The van der Waals surface area contributed by atoms with Gasteiger partial charge in [0.2, 0.25) is 0 Å². The Morgan fingerprint density at radius 1 is 1.36 bits per heavy atom. The summed E-state index contributed by atoms with van der Waals surface area (Å²) in [5, 5.41) is 0. The lowest BCUT2D eigenvalue weighted by atomic mass is 9.99. The predicted octanol–water partition coefficient (Wildman–Crippen LogP) is 1.59. The van der Waals surface area contributed by atoms with Crippen LogP contribution in [0.3, 0.4) is 0 Å². The van der Waals surface area contributed by atoms with E-state index in [2.05, 4.69) is 0 Å². The van der Waals surface area contributed by atoms with Gasteiger partial charge in [-0.2, -0.15) is 0 Å². The molecule has 1 aliphatic carbocycles. The molecule has 1 saturated carbocycles. The second-order valence-electron chi connectivity index (χ2n) is 3.89. The third-order valence-corrected chi connectivity index (χ3v) is 3.01. The van der Waals surface area contributed by atoms with E-state index in [1.807, 2.05) is 11.9 Å². The van der Waals surface area contributed by atoms with E-state index in [0.29, 0.717) is 6.54 Å². The minimum absolute atomic E-state index is 0.121. The summed E-state index contributed by atoms with van der Waals surface area (Å²) in [5.74, 6) is -2.43. The quantitative estimate of drug-likeness (QED) is 0.521. The van der Waals surface area contributed by atoms with Crippen LogP contribution in [0.25, 0.3) is 0 Å². The number of halogens is 2. The third-order valence-electron chi connectivity index (χ3n) is 3.01. The van der Waals surface area contributed by atoms with E-state index < -0.39 is 5.92 Å². The van der Waals surface area contributed by atoms with Crippen LogP contribution in [0.4, 0.5) is 8.78 Å². The summed E-state index contributed by atoms with van der Waals surface area (Å²) in [5.41, 5.74) is 0. The van der Waals surface area contributed by atoms with Gasteiger partial charge in [0.15, 0.2) is 0 Å². The largest absolute Gasteiger partial charge is 0.306 e. The fourth-order valence-electron chi connectivity index (χ4n) is 2.42. The molecule has 2 fully saturated rings. The van der Waals surface area contributed by atoms with Gasteiger partial charge >= 0.3 is 0 Å². The summed E-state index contributed by atoms with van der Waals surface area (Å²) < 4.78 is 26.1. The molecule has 0 bridgehead atoms. The van der Waals surface area contributed by atoms with E-state index in [4.69, 9.17) is 0 Å². The van der Waals surface area contributed by atoms with Gasteiger partial charge in [-0.1, -0.05) is 0 Å². The Balaban J connectivity index is 2.13. The molecule has 0 amide bonds. The Morgan fingerprint density at radius 2 is 2.09 bits per heavy atom. The molecule has 0 spiro atoms. The van der Waals surface area contributed by atoms with Crippen molar-refractivity contribution in [3.63, 3.8) is 0 Å². The highest BCUT2D eigenvalue weighted by Gasteiger charge is 2.52. The number of hydrogen-bond acceptors (Lipinski definition) is 1. The molecule has 2 aliphatic rings. The van der Waals surface area contributed by atoms with E-state index >= 15 is 0 Å². The van der Waals surface area contributed by atoms with Gasteiger partial charge in [0.25, 0.3) is 5.92 Å². The van der Waals surface area contributed by atoms with Crippen molar-refractivity contribution in [3.8, 4) is 0 Å². The lowest BCUT2D eigenvalue weighted by molar-refractivity contribution is -0.0390. The number of alkyl halides is 2. The molecule has 1 heterocycles. The van der Waals surface area contributed by atoms with Crippen LogP contribution in [0, 0.1) is 11.8 Å². The van der Waals surface area contributed by atoms with Crippen LogP contribution < -0.4 is 0 Å². The van der Waals surface area contributed by atoms with E-state index in [0.717, 1.165) is 13.0 Å². The van der Waals surface area contributed by atoms with Gasteiger partial charge in [-0.15, -0.1) is 0 Å². The number of likely N-dealkylation sites (tertiary alicyclic amines) is 1. The van der Waals surface area contributed by atoms with E-state index in [-0.39, 0.29) is 18.3 Å². The third kappa shape index (κ3) is 1.06. The van der Waals surface area contributed by atoms with E-state index in [1.165, 1.54) is 0 Å². The number of fused-ring (bicyclic) bond motifs is 1. The summed E-state index contributed by atoms with van der Waals surface area (Å²) in [6.07, 6.45) is 0.845. The van der Waals surface area contributed by atoms with Crippen LogP contribution in [-0.2, 0) is 0 Å². The Labute approximate surface area is 65.4 Å². The first kappa shape index (κ1) is 7.47. The second-order valence-corrected chi connectivity index (χ2v) is 3.89. The Morgan fingerprint density at radius 3 is 2.73 bits per heavy atom. The molecule has 1 aliphatic heterocycles. The van der Waals surface area contributed by atoms with Crippen molar-refractivity contribution in [3.05, 3.63) is 0 Å². The maximum Gasteiger partial charge on any atom is 0.252 e. The molecule has 0 aromatic heterocycles. The minimum Gasteiger partial charge on any atom is -0.306 e. The average Bonchev–Trinajstić information content (AvgIpc) is 2.35. The molecule has 11 heavy (non-hydrogen) atoms. The molecule has 64 valence electrons. The SMILES string of the molecule is CN1C[C@H]2CCC(F)(F)[C@@H]2C1. The van der Waals surface area contributed by atoms with Gasteiger partial charge in [0, 0.05) is 25.4 Å². The second kappa shape index (κ2) is 2.16. The van der Waals surface area contributed by atoms with Gasteiger partial charge in [0.1, 0.15) is 0 Å². The number of nitrogens with zero attached hydrogens (tertiary/aromatic N) is 1. The molecule has 0 unspecified atom stereocenters. The Bertz CT molecular complexity index is 169. The molecule has 0 radical (unpaired) electrons. The highest BCUT2D eigenvalue weighted by Crippen LogP contribution is 2.47. The molecule has 0 aromatic carbocycles. The highest BCUT2D eigenvalue weighted by molar-refractivity contribution is 4.97. The molecule has 0 aromatic rings. The summed E-state index contributed by atoms with van der Waals surface area (Å²) >= 11 is 0. The van der Waals surface area contributed by atoms with Gasteiger partial charge in [-0.05, 0) is 19.4 Å². The number of hydrogen-bond donors (Lipinski definition) is 0. The summed E-state index contributed by atoms with van der Waals surface area (Å²) in [7, 11) is 1.92. The van der Waals surface area contributed by atoms with Crippen molar-refractivity contribution in [2.75, 3.05) is 20.1 Å². The molecule has 1 nitrogen and oxygen atoms in total. The van der Waals surface area contributed by atoms with Crippen LogP contribution in [0.5, 0.6) is 0 Å². The van der Waals surface area contributed by atoms with Gasteiger partial charge in [-0.25, -0.2) is 8.78 Å². The lowest BCUT2D eigenvalue weighted by Gasteiger charge is -2.17. The van der Waals surface area contributed by atoms with Crippen molar-refractivity contribution in [1.29, 1.82) is 0 Å². The Hall–Kier alpha value is -0.180.